The van der Waals surface area contributed by atoms with Gasteiger partial charge in [-0.25, -0.2) is 4.98 Å². The zero-order chi connectivity index (χ0) is 22.6. The predicted octanol–water partition coefficient (Wildman–Crippen LogP) is 4.02. The van der Waals surface area contributed by atoms with Crippen molar-refractivity contribution in [2.24, 2.45) is 0 Å². The van der Waals surface area contributed by atoms with Gasteiger partial charge in [-0.1, -0.05) is 0 Å². The van der Waals surface area contributed by atoms with Crippen LogP contribution in [0.1, 0.15) is 50.6 Å². The molecule has 0 radical (unpaired) electrons. The van der Waals surface area contributed by atoms with E-state index in [1.165, 1.54) is 38.8 Å². The van der Waals surface area contributed by atoms with Crippen LogP contribution < -0.4 is 14.8 Å². The molecule has 3 heterocycles. The summed E-state index contributed by atoms with van der Waals surface area (Å²) in [5.41, 5.74) is 2.15. The highest BCUT2D eigenvalue weighted by atomic mass is 16.5. The maximum Gasteiger partial charge on any atom is 0.163 e. The molecule has 7 nitrogen and oxygen atoms in total. The number of nitriles is 1. The van der Waals surface area contributed by atoms with Crippen molar-refractivity contribution in [2.75, 3.05) is 51.8 Å². The van der Waals surface area contributed by atoms with Crippen molar-refractivity contribution in [3.8, 4) is 17.6 Å². The number of nitrogens with one attached hydrogen (secondary N) is 1. The Hall–Kier alpha value is -2.56. The molecule has 1 N–H and O–H groups in total. The second kappa shape index (κ2) is 10.1. The number of pyridine rings is 1. The van der Waals surface area contributed by atoms with E-state index in [0.717, 1.165) is 61.5 Å². The average molecular weight is 450 g/mol. The molecule has 0 atom stereocenters. The first-order valence-electron chi connectivity index (χ1n) is 12.5. The molecule has 3 fully saturated rings. The number of aromatic nitrogens is 1. The quantitative estimate of drug-likeness (QED) is 0.580. The van der Waals surface area contributed by atoms with Crippen LogP contribution in [0.3, 0.4) is 0 Å². The molecule has 0 amide bonds. The molecule has 1 saturated carbocycles. The summed E-state index contributed by atoms with van der Waals surface area (Å²) in [5, 5.41) is 14.3. The molecule has 2 aliphatic heterocycles. The van der Waals surface area contributed by atoms with Crippen molar-refractivity contribution >= 4 is 16.6 Å². The van der Waals surface area contributed by atoms with E-state index < -0.39 is 0 Å². The van der Waals surface area contributed by atoms with Gasteiger partial charge < -0.3 is 24.6 Å². The van der Waals surface area contributed by atoms with Crippen LogP contribution in [0.2, 0.25) is 0 Å². The summed E-state index contributed by atoms with van der Waals surface area (Å²) in [6.45, 7) is 6.41. The van der Waals surface area contributed by atoms with Crippen LogP contribution >= 0.6 is 0 Å². The van der Waals surface area contributed by atoms with E-state index in [1.54, 1.807) is 7.11 Å². The number of ether oxygens (including phenoxy) is 2. The van der Waals surface area contributed by atoms with Crippen molar-refractivity contribution < 1.29 is 9.47 Å². The number of methoxy groups -OCH3 is 1. The molecule has 7 heteroatoms. The van der Waals surface area contributed by atoms with Gasteiger partial charge in [0.2, 0.25) is 0 Å². The zero-order valence-electron chi connectivity index (χ0n) is 19.7. The number of anilines is 1. The van der Waals surface area contributed by atoms with Gasteiger partial charge in [0, 0.05) is 48.9 Å². The van der Waals surface area contributed by atoms with E-state index >= 15 is 0 Å². The molecule has 5 rings (SSSR count). The summed E-state index contributed by atoms with van der Waals surface area (Å²) < 4.78 is 11.8. The Morgan fingerprint density at radius 1 is 1.06 bits per heavy atom. The third kappa shape index (κ3) is 5.34. The molecule has 33 heavy (non-hydrogen) atoms. The van der Waals surface area contributed by atoms with Gasteiger partial charge in [-0.05, 0) is 70.2 Å². The van der Waals surface area contributed by atoms with Crippen LogP contribution in [0.5, 0.6) is 11.5 Å². The molecule has 3 aliphatic rings. The smallest absolute Gasteiger partial charge is 0.163 e. The lowest BCUT2D eigenvalue weighted by molar-refractivity contribution is 0.210. The number of benzene rings is 1. The average Bonchev–Trinajstić information content (AvgIpc) is 3.57. The molecule has 2 aromatic rings. The minimum absolute atomic E-state index is 0.407. The van der Waals surface area contributed by atoms with Crippen LogP contribution in [-0.4, -0.2) is 73.3 Å². The van der Waals surface area contributed by atoms with Crippen molar-refractivity contribution in [2.45, 2.75) is 57.0 Å². The highest BCUT2D eigenvalue weighted by Crippen LogP contribution is 2.36. The SMILES string of the molecule is COc1cc2c(NC3CCN(C4CC4)CC3)cc(C#N)nc2cc1OCCCN1CCCC1. The molecule has 176 valence electrons. The van der Waals surface area contributed by atoms with Crippen molar-refractivity contribution in [3.05, 3.63) is 23.9 Å². The number of piperidine rings is 1. The van der Waals surface area contributed by atoms with Crippen LogP contribution in [0.15, 0.2) is 18.2 Å². The first kappa shape index (κ1) is 22.2. The lowest BCUT2D eigenvalue weighted by atomic mass is 10.0. The zero-order valence-corrected chi connectivity index (χ0v) is 19.7. The Morgan fingerprint density at radius 2 is 1.85 bits per heavy atom. The molecule has 2 saturated heterocycles. The lowest BCUT2D eigenvalue weighted by Crippen LogP contribution is -2.40. The third-order valence-electron chi connectivity index (χ3n) is 7.24. The third-order valence-corrected chi connectivity index (χ3v) is 7.24. The fraction of sp³-hybridized carbons (Fsp3) is 0.615. The van der Waals surface area contributed by atoms with Crippen molar-refractivity contribution in [3.63, 3.8) is 0 Å². The van der Waals surface area contributed by atoms with Gasteiger partial charge in [-0.3, -0.25) is 0 Å². The number of nitrogens with zero attached hydrogens (tertiary/aromatic N) is 4. The highest BCUT2D eigenvalue weighted by molar-refractivity contribution is 5.94. The Morgan fingerprint density at radius 3 is 2.55 bits per heavy atom. The summed E-state index contributed by atoms with van der Waals surface area (Å²) in [4.78, 5) is 9.68. The van der Waals surface area contributed by atoms with Crippen LogP contribution in [-0.2, 0) is 0 Å². The fourth-order valence-electron chi connectivity index (χ4n) is 5.23. The Kier molecular flexibility index (Phi) is 6.84. The summed E-state index contributed by atoms with van der Waals surface area (Å²) in [6, 6.07) is 9.25. The maximum absolute atomic E-state index is 9.57. The monoisotopic (exact) mass is 449 g/mol. The van der Waals surface area contributed by atoms with E-state index in [0.29, 0.717) is 29.8 Å². The number of hydrogen-bond donors (Lipinski definition) is 1. The van der Waals surface area contributed by atoms with Crippen molar-refractivity contribution in [1.29, 1.82) is 5.26 Å². The van der Waals surface area contributed by atoms with E-state index in [1.807, 2.05) is 18.2 Å². The lowest BCUT2D eigenvalue weighted by Gasteiger charge is -2.33. The first-order chi connectivity index (χ1) is 16.2. The molecule has 0 spiro atoms. The predicted molar refractivity (Wildman–Crippen MR) is 130 cm³/mol. The minimum atomic E-state index is 0.407. The van der Waals surface area contributed by atoms with E-state index in [2.05, 4.69) is 26.2 Å². The largest absolute Gasteiger partial charge is 0.493 e. The topological polar surface area (TPSA) is 73.6 Å². The van der Waals surface area contributed by atoms with Crippen LogP contribution in [0.25, 0.3) is 10.9 Å². The Labute approximate surface area is 196 Å². The van der Waals surface area contributed by atoms with E-state index in [-0.39, 0.29) is 0 Å². The van der Waals surface area contributed by atoms with Gasteiger partial charge in [-0.2, -0.15) is 5.26 Å². The summed E-state index contributed by atoms with van der Waals surface area (Å²) in [6.07, 6.45) is 8.57. The minimum Gasteiger partial charge on any atom is -0.493 e. The fourth-order valence-corrected chi connectivity index (χ4v) is 5.23. The van der Waals surface area contributed by atoms with Gasteiger partial charge in [0.1, 0.15) is 11.8 Å². The number of likely N-dealkylation sites (tertiary alicyclic amines) is 2. The standard InChI is InChI=1S/C26H35N5O2/c1-32-25-16-22-23(28-19-7-12-31(13-8-19)21-5-6-21)15-20(18-27)29-24(22)17-26(25)33-14-4-11-30-9-2-3-10-30/h15-17,19,21H,2-14H2,1H3,(H,28,29). The Bertz CT molecular complexity index is 1000. The molecule has 0 bridgehead atoms. The molecule has 1 aromatic heterocycles. The van der Waals surface area contributed by atoms with Gasteiger partial charge in [-0.15, -0.1) is 0 Å². The van der Waals surface area contributed by atoms with Gasteiger partial charge in [0.05, 0.1) is 19.2 Å². The number of hydrogen-bond acceptors (Lipinski definition) is 7. The van der Waals surface area contributed by atoms with Crippen LogP contribution in [0.4, 0.5) is 5.69 Å². The molecule has 1 aromatic carbocycles. The highest BCUT2D eigenvalue weighted by Gasteiger charge is 2.32. The molecule has 0 unspecified atom stereocenters. The summed E-state index contributed by atoms with van der Waals surface area (Å²) >= 11 is 0. The Balaban J connectivity index is 1.30. The summed E-state index contributed by atoms with van der Waals surface area (Å²) in [5.74, 6) is 1.40. The second-order valence-corrected chi connectivity index (χ2v) is 9.62. The van der Waals surface area contributed by atoms with Crippen molar-refractivity contribution in [1.82, 2.24) is 14.8 Å². The number of rotatable bonds is 9. The van der Waals surface area contributed by atoms with Crippen LogP contribution in [0, 0.1) is 11.3 Å². The summed E-state index contributed by atoms with van der Waals surface area (Å²) in [7, 11) is 1.68. The number of fused-ring (bicyclic) bond motifs is 1. The second-order valence-electron chi connectivity index (χ2n) is 9.62. The first-order valence-corrected chi connectivity index (χ1v) is 12.5. The van der Waals surface area contributed by atoms with Gasteiger partial charge >= 0.3 is 0 Å². The van der Waals surface area contributed by atoms with Gasteiger partial charge in [0.15, 0.2) is 11.5 Å². The molecular formula is C26H35N5O2. The molecular weight excluding hydrogens is 414 g/mol. The van der Waals surface area contributed by atoms with E-state index in [9.17, 15) is 5.26 Å². The normalized spacial score (nSPS) is 20.1. The maximum atomic E-state index is 9.57. The van der Waals surface area contributed by atoms with E-state index in [4.69, 9.17) is 9.47 Å². The molecule has 1 aliphatic carbocycles. The van der Waals surface area contributed by atoms with Gasteiger partial charge in [0.25, 0.3) is 0 Å².